The van der Waals surface area contributed by atoms with Gasteiger partial charge in [0.2, 0.25) is 0 Å². The van der Waals surface area contributed by atoms with Crippen LogP contribution in [0.1, 0.15) is 12.0 Å². The Bertz CT molecular complexity index is 498. The average molecular weight is 318 g/mol. The van der Waals surface area contributed by atoms with E-state index in [4.69, 9.17) is 31.9 Å². The zero-order valence-corrected chi connectivity index (χ0v) is 12.4. The Morgan fingerprint density at radius 2 is 2.20 bits per heavy atom. The molecule has 0 amide bonds. The molecule has 0 saturated carbocycles. The standard InChI is InChI=1S/C13H16ClNO4S/c14-9-4-8(6-20-7-10(15)13(16)17)5-11-12(9)19-3-1-2-18-11/h4-5,10H,1-3,6-7,15H2,(H,16,17). The Morgan fingerprint density at radius 3 is 2.95 bits per heavy atom. The summed E-state index contributed by atoms with van der Waals surface area (Å²) in [5.74, 6) is 1.21. The molecule has 20 heavy (non-hydrogen) atoms. The van der Waals surface area contributed by atoms with Crippen molar-refractivity contribution >= 4 is 29.3 Å². The van der Waals surface area contributed by atoms with Gasteiger partial charge in [0.05, 0.1) is 18.2 Å². The molecule has 1 aromatic rings. The van der Waals surface area contributed by atoms with Gasteiger partial charge >= 0.3 is 5.97 Å². The van der Waals surface area contributed by atoms with Crippen LogP contribution in [0.25, 0.3) is 0 Å². The Hall–Kier alpha value is -1.11. The van der Waals surface area contributed by atoms with Gasteiger partial charge in [-0.1, -0.05) is 11.6 Å². The van der Waals surface area contributed by atoms with E-state index in [1.54, 1.807) is 0 Å². The topological polar surface area (TPSA) is 81.8 Å². The minimum atomic E-state index is -0.991. The third kappa shape index (κ3) is 3.94. The molecule has 5 nitrogen and oxygen atoms in total. The van der Waals surface area contributed by atoms with Crippen molar-refractivity contribution in [3.05, 3.63) is 22.7 Å². The quantitative estimate of drug-likeness (QED) is 0.866. The van der Waals surface area contributed by atoms with Gasteiger partial charge in [-0.2, -0.15) is 11.8 Å². The maximum absolute atomic E-state index is 10.6. The zero-order valence-electron chi connectivity index (χ0n) is 10.8. The summed E-state index contributed by atoms with van der Waals surface area (Å²) in [4.78, 5) is 10.6. The fourth-order valence-corrected chi connectivity index (χ4v) is 2.95. The summed E-state index contributed by atoms with van der Waals surface area (Å²) in [6.07, 6.45) is 0.822. The Kier molecular flexibility index (Phi) is 5.39. The first-order valence-corrected chi connectivity index (χ1v) is 7.75. The van der Waals surface area contributed by atoms with Crippen molar-refractivity contribution in [2.75, 3.05) is 19.0 Å². The van der Waals surface area contributed by atoms with E-state index in [1.165, 1.54) is 11.8 Å². The lowest BCUT2D eigenvalue weighted by molar-refractivity contribution is -0.137. The fourth-order valence-electron chi connectivity index (χ4n) is 1.74. The van der Waals surface area contributed by atoms with Crippen molar-refractivity contribution in [1.82, 2.24) is 0 Å². The second-order valence-corrected chi connectivity index (χ2v) is 5.85. The van der Waals surface area contributed by atoms with Crippen LogP contribution in [0.15, 0.2) is 12.1 Å². The molecule has 0 aromatic heterocycles. The molecule has 7 heteroatoms. The molecule has 110 valence electrons. The van der Waals surface area contributed by atoms with E-state index >= 15 is 0 Å². The van der Waals surface area contributed by atoms with E-state index in [2.05, 4.69) is 0 Å². The molecule has 0 aliphatic carbocycles. The molecule has 1 aliphatic heterocycles. The van der Waals surface area contributed by atoms with Gasteiger partial charge in [0.1, 0.15) is 6.04 Å². The monoisotopic (exact) mass is 317 g/mol. The summed E-state index contributed by atoms with van der Waals surface area (Å²) in [5.41, 5.74) is 6.41. The third-order valence-corrected chi connectivity index (χ3v) is 4.16. The van der Waals surface area contributed by atoms with Crippen molar-refractivity contribution < 1.29 is 19.4 Å². The van der Waals surface area contributed by atoms with E-state index < -0.39 is 12.0 Å². The molecule has 1 aromatic carbocycles. The number of carbonyl (C=O) groups is 1. The molecule has 3 N–H and O–H groups in total. The minimum Gasteiger partial charge on any atom is -0.489 e. The number of carboxylic acids is 1. The van der Waals surface area contributed by atoms with Gasteiger partial charge in [-0.25, -0.2) is 0 Å². The van der Waals surface area contributed by atoms with Gasteiger partial charge in [-0.15, -0.1) is 0 Å². The molecule has 1 atom stereocenters. The summed E-state index contributed by atoms with van der Waals surface area (Å²) in [6.45, 7) is 1.19. The molecule has 2 rings (SSSR count). The SMILES string of the molecule is NC(CSCc1cc(Cl)c2c(c1)OCCCO2)C(=O)O. The predicted molar refractivity (Wildman–Crippen MR) is 78.8 cm³/mol. The summed E-state index contributed by atoms with van der Waals surface area (Å²) in [6, 6.07) is 2.84. The first-order valence-electron chi connectivity index (χ1n) is 6.22. The van der Waals surface area contributed by atoms with Crippen LogP contribution in [0.3, 0.4) is 0 Å². The molecular formula is C13H16ClNO4S. The van der Waals surface area contributed by atoms with Crippen molar-refractivity contribution in [2.45, 2.75) is 18.2 Å². The number of benzene rings is 1. The summed E-state index contributed by atoms with van der Waals surface area (Å²) in [7, 11) is 0. The number of ether oxygens (including phenoxy) is 2. The van der Waals surface area contributed by atoms with Crippen LogP contribution in [0.5, 0.6) is 11.5 Å². The van der Waals surface area contributed by atoms with Crippen LogP contribution in [0, 0.1) is 0 Å². The van der Waals surface area contributed by atoms with Gasteiger partial charge in [-0.3, -0.25) is 4.79 Å². The Morgan fingerprint density at radius 1 is 1.45 bits per heavy atom. The summed E-state index contributed by atoms with van der Waals surface area (Å²) < 4.78 is 11.1. The number of hydrogen-bond donors (Lipinski definition) is 2. The molecule has 1 unspecified atom stereocenters. The number of carboxylic acid groups (broad SMARTS) is 1. The van der Waals surface area contributed by atoms with Gasteiger partial charge in [-0.05, 0) is 17.7 Å². The third-order valence-electron chi connectivity index (χ3n) is 2.75. The number of fused-ring (bicyclic) bond motifs is 1. The van der Waals surface area contributed by atoms with Crippen molar-refractivity contribution in [3.8, 4) is 11.5 Å². The van der Waals surface area contributed by atoms with Crippen LogP contribution in [0.4, 0.5) is 0 Å². The van der Waals surface area contributed by atoms with E-state index in [-0.39, 0.29) is 0 Å². The van der Waals surface area contributed by atoms with E-state index in [9.17, 15) is 4.79 Å². The van der Waals surface area contributed by atoms with Crippen molar-refractivity contribution in [2.24, 2.45) is 5.73 Å². The lowest BCUT2D eigenvalue weighted by atomic mass is 10.2. The van der Waals surface area contributed by atoms with Crippen molar-refractivity contribution in [1.29, 1.82) is 0 Å². The lowest BCUT2D eigenvalue weighted by Gasteiger charge is -2.12. The Balaban J connectivity index is 2.01. The smallest absolute Gasteiger partial charge is 0.321 e. The molecule has 0 saturated heterocycles. The highest BCUT2D eigenvalue weighted by Crippen LogP contribution is 2.38. The van der Waals surface area contributed by atoms with E-state index in [0.29, 0.717) is 41.2 Å². The normalized spacial score (nSPS) is 15.5. The fraction of sp³-hybridized carbons (Fsp3) is 0.462. The van der Waals surface area contributed by atoms with E-state index in [0.717, 1.165) is 12.0 Å². The second kappa shape index (κ2) is 7.06. The summed E-state index contributed by atoms with van der Waals surface area (Å²) >= 11 is 7.63. The van der Waals surface area contributed by atoms with Crippen LogP contribution in [-0.4, -0.2) is 36.1 Å². The van der Waals surface area contributed by atoms with Gasteiger partial charge < -0.3 is 20.3 Å². The van der Waals surface area contributed by atoms with Crippen LogP contribution < -0.4 is 15.2 Å². The summed E-state index contributed by atoms with van der Waals surface area (Å²) in [5, 5.41) is 9.23. The molecular weight excluding hydrogens is 302 g/mol. The minimum absolute atomic E-state index is 0.349. The number of nitrogens with two attached hydrogens (primary N) is 1. The Labute approximate surface area is 126 Å². The molecule has 1 heterocycles. The van der Waals surface area contributed by atoms with E-state index in [1.807, 2.05) is 12.1 Å². The maximum atomic E-state index is 10.6. The highest BCUT2D eigenvalue weighted by molar-refractivity contribution is 7.98. The number of thioether (sulfide) groups is 1. The number of aliphatic carboxylic acids is 1. The lowest BCUT2D eigenvalue weighted by Crippen LogP contribution is -2.32. The maximum Gasteiger partial charge on any atom is 0.321 e. The van der Waals surface area contributed by atoms with Gasteiger partial charge in [0.25, 0.3) is 0 Å². The first kappa shape index (κ1) is 15.3. The largest absolute Gasteiger partial charge is 0.489 e. The number of hydrogen-bond acceptors (Lipinski definition) is 5. The molecule has 0 fully saturated rings. The molecule has 1 aliphatic rings. The van der Waals surface area contributed by atoms with Crippen LogP contribution in [0.2, 0.25) is 5.02 Å². The molecule has 0 radical (unpaired) electrons. The predicted octanol–water partition coefficient (Wildman–Crippen LogP) is 2.15. The highest BCUT2D eigenvalue weighted by Gasteiger charge is 2.16. The first-order chi connectivity index (χ1) is 9.58. The number of halogens is 1. The molecule has 0 bridgehead atoms. The van der Waals surface area contributed by atoms with Gasteiger partial charge in [0.15, 0.2) is 11.5 Å². The zero-order chi connectivity index (χ0) is 14.5. The van der Waals surface area contributed by atoms with Crippen LogP contribution in [-0.2, 0) is 10.5 Å². The second-order valence-electron chi connectivity index (χ2n) is 4.42. The average Bonchev–Trinajstić information content (AvgIpc) is 2.64. The van der Waals surface area contributed by atoms with Crippen LogP contribution >= 0.6 is 23.4 Å². The highest BCUT2D eigenvalue weighted by atomic mass is 35.5. The number of rotatable bonds is 5. The van der Waals surface area contributed by atoms with Gasteiger partial charge in [0, 0.05) is 17.9 Å². The molecule has 0 spiro atoms. The van der Waals surface area contributed by atoms with Crippen molar-refractivity contribution in [3.63, 3.8) is 0 Å².